The first-order valence-corrected chi connectivity index (χ1v) is 4.93. The zero-order valence-corrected chi connectivity index (χ0v) is 8.97. The summed E-state index contributed by atoms with van der Waals surface area (Å²) in [6.07, 6.45) is 0. The Kier molecular flexibility index (Phi) is 3.07. The van der Waals surface area contributed by atoms with Gasteiger partial charge in [-0.05, 0) is 12.1 Å². The van der Waals surface area contributed by atoms with Crippen molar-refractivity contribution in [2.24, 2.45) is 5.73 Å². The molecule has 0 amide bonds. The Morgan fingerprint density at radius 2 is 2.00 bits per heavy atom. The summed E-state index contributed by atoms with van der Waals surface area (Å²) < 4.78 is 31.0. The van der Waals surface area contributed by atoms with Crippen LogP contribution in [0, 0.1) is 21.7 Å². The van der Waals surface area contributed by atoms with Crippen molar-refractivity contribution in [1.82, 2.24) is 0 Å². The van der Waals surface area contributed by atoms with Crippen molar-refractivity contribution in [3.05, 3.63) is 63.4 Å². The van der Waals surface area contributed by atoms with Gasteiger partial charge in [0, 0.05) is 11.6 Å². The molecule has 0 aliphatic rings. The first kappa shape index (κ1) is 12.2. The van der Waals surface area contributed by atoms with Gasteiger partial charge in [0.05, 0.1) is 12.1 Å². The van der Waals surface area contributed by atoms with Crippen LogP contribution < -0.4 is 5.73 Å². The van der Waals surface area contributed by atoms with Gasteiger partial charge in [0.2, 0.25) is 0 Å². The normalized spacial score (nSPS) is 12.4. The molecular formula is C11H8F2N2O3. The molecule has 0 aliphatic carbocycles. The lowest BCUT2D eigenvalue weighted by Crippen LogP contribution is -2.13. The van der Waals surface area contributed by atoms with Gasteiger partial charge in [-0.3, -0.25) is 10.1 Å². The third kappa shape index (κ3) is 2.21. The third-order valence-corrected chi connectivity index (χ3v) is 2.40. The molecule has 1 heterocycles. The minimum atomic E-state index is -1.03. The van der Waals surface area contributed by atoms with Crippen molar-refractivity contribution < 1.29 is 18.1 Å². The number of furan rings is 1. The summed E-state index contributed by atoms with van der Waals surface area (Å²) >= 11 is 0. The number of hydrogen-bond acceptors (Lipinski definition) is 4. The van der Waals surface area contributed by atoms with Gasteiger partial charge in [-0.15, -0.1) is 0 Å². The van der Waals surface area contributed by atoms with Crippen molar-refractivity contribution in [2.45, 2.75) is 6.04 Å². The van der Waals surface area contributed by atoms with E-state index in [0.29, 0.717) is 6.07 Å². The van der Waals surface area contributed by atoms with Crippen LogP contribution in [-0.4, -0.2) is 4.92 Å². The van der Waals surface area contributed by atoms with Crippen LogP contribution in [0.2, 0.25) is 0 Å². The highest BCUT2D eigenvalue weighted by Crippen LogP contribution is 2.26. The number of rotatable bonds is 3. The molecule has 2 N–H and O–H groups in total. The Hall–Kier alpha value is -2.28. The molecule has 1 atom stereocenters. The Labute approximate surface area is 100.0 Å². The summed E-state index contributed by atoms with van der Waals surface area (Å²) in [7, 11) is 0. The van der Waals surface area contributed by atoms with Gasteiger partial charge in [-0.2, -0.15) is 0 Å². The Bertz CT molecular complexity index is 598. The van der Waals surface area contributed by atoms with E-state index in [-0.39, 0.29) is 11.3 Å². The highest BCUT2D eigenvalue weighted by atomic mass is 19.1. The maximum atomic E-state index is 13.5. The quantitative estimate of drug-likeness (QED) is 0.673. The van der Waals surface area contributed by atoms with Crippen molar-refractivity contribution in [3.8, 4) is 0 Å². The van der Waals surface area contributed by atoms with Gasteiger partial charge in [-0.25, -0.2) is 8.78 Å². The second kappa shape index (κ2) is 4.53. The molecule has 2 aromatic rings. The van der Waals surface area contributed by atoms with Crippen molar-refractivity contribution in [1.29, 1.82) is 0 Å². The van der Waals surface area contributed by atoms with E-state index in [1.807, 2.05) is 0 Å². The third-order valence-electron chi connectivity index (χ3n) is 2.40. The average molecular weight is 254 g/mol. The summed E-state index contributed by atoms with van der Waals surface area (Å²) in [5.41, 5.74) is 5.70. The topological polar surface area (TPSA) is 82.3 Å². The summed E-state index contributed by atoms with van der Waals surface area (Å²) in [4.78, 5) is 9.71. The maximum Gasteiger partial charge on any atom is 0.433 e. The monoisotopic (exact) mass is 254 g/mol. The number of benzene rings is 1. The zero-order chi connectivity index (χ0) is 13.3. The molecule has 0 saturated heterocycles. The van der Waals surface area contributed by atoms with Crippen molar-refractivity contribution >= 4 is 5.88 Å². The standard InChI is InChI=1S/C11H8F2N2O3/c12-6-1-2-7(8(13)5-6)11(14)9-3-4-10(18-9)15(16)17/h1-5,11H,14H2. The molecule has 0 spiro atoms. The SMILES string of the molecule is NC(c1ccc([N+](=O)[O-])o1)c1ccc(F)cc1F. The molecule has 0 radical (unpaired) electrons. The lowest BCUT2D eigenvalue weighted by molar-refractivity contribution is -0.402. The van der Waals surface area contributed by atoms with Gasteiger partial charge >= 0.3 is 5.88 Å². The molecule has 0 fully saturated rings. The molecule has 0 saturated carbocycles. The molecule has 1 aromatic heterocycles. The summed E-state index contributed by atoms with van der Waals surface area (Å²) in [6, 6.07) is 4.29. The first-order valence-electron chi connectivity index (χ1n) is 4.93. The predicted octanol–water partition coefficient (Wildman–Crippen LogP) is 2.51. The fourth-order valence-electron chi connectivity index (χ4n) is 1.51. The van der Waals surface area contributed by atoms with E-state index >= 15 is 0 Å². The van der Waals surface area contributed by atoms with Gasteiger partial charge in [0.15, 0.2) is 0 Å². The van der Waals surface area contributed by atoms with Crippen LogP contribution in [0.15, 0.2) is 34.7 Å². The molecule has 0 aliphatic heterocycles. The highest BCUT2D eigenvalue weighted by molar-refractivity contribution is 5.30. The number of nitrogens with two attached hydrogens (primary N) is 1. The van der Waals surface area contributed by atoms with E-state index in [4.69, 9.17) is 10.2 Å². The second-order valence-electron chi connectivity index (χ2n) is 3.58. The van der Waals surface area contributed by atoms with Crippen LogP contribution >= 0.6 is 0 Å². The van der Waals surface area contributed by atoms with Crippen LogP contribution in [0.3, 0.4) is 0 Å². The van der Waals surface area contributed by atoms with E-state index in [1.165, 1.54) is 12.1 Å². The van der Waals surface area contributed by atoms with Crippen LogP contribution in [0.25, 0.3) is 0 Å². The first-order chi connectivity index (χ1) is 8.49. The van der Waals surface area contributed by atoms with Crippen LogP contribution in [0.4, 0.5) is 14.7 Å². The van der Waals surface area contributed by atoms with Crippen molar-refractivity contribution in [3.63, 3.8) is 0 Å². The molecule has 0 bridgehead atoms. The highest BCUT2D eigenvalue weighted by Gasteiger charge is 2.20. The Morgan fingerprint density at radius 3 is 2.56 bits per heavy atom. The zero-order valence-electron chi connectivity index (χ0n) is 8.97. The minimum absolute atomic E-state index is 0.000600. The van der Waals surface area contributed by atoms with E-state index in [2.05, 4.69) is 0 Å². The summed E-state index contributed by atoms with van der Waals surface area (Å²) in [5.74, 6) is -2.01. The van der Waals surface area contributed by atoms with Crippen LogP contribution in [0.5, 0.6) is 0 Å². The molecule has 1 unspecified atom stereocenters. The molecule has 94 valence electrons. The van der Waals surface area contributed by atoms with E-state index in [1.54, 1.807) is 0 Å². The van der Waals surface area contributed by atoms with Crippen molar-refractivity contribution in [2.75, 3.05) is 0 Å². The van der Waals surface area contributed by atoms with Crippen LogP contribution in [0.1, 0.15) is 17.4 Å². The van der Waals surface area contributed by atoms with Crippen LogP contribution in [-0.2, 0) is 0 Å². The lowest BCUT2D eigenvalue weighted by atomic mass is 10.1. The Morgan fingerprint density at radius 1 is 1.28 bits per heavy atom. The van der Waals surface area contributed by atoms with Gasteiger partial charge in [-0.1, -0.05) is 6.07 Å². The number of nitrogens with zero attached hydrogens (tertiary/aromatic N) is 1. The van der Waals surface area contributed by atoms with E-state index in [0.717, 1.165) is 12.1 Å². The predicted molar refractivity (Wildman–Crippen MR) is 57.8 cm³/mol. The smallest absolute Gasteiger partial charge is 0.404 e. The van der Waals surface area contributed by atoms with Gasteiger partial charge < -0.3 is 10.2 Å². The fourth-order valence-corrected chi connectivity index (χ4v) is 1.51. The largest absolute Gasteiger partial charge is 0.433 e. The number of hydrogen-bond donors (Lipinski definition) is 1. The molecule has 18 heavy (non-hydrogen) atoms. The second-order valence-corrected chi connectivity index (χ2v) is 3.58. The molecule has 2 rings (SSSR count). The molecular weight excluding hydrogens is 246 g/mol. The summed E-state index contributed by atoms with van der Waals surface area (Å²) in [5, 5.41) is 10.4. The minimum Gasteiger partial charge on any atom is -0.404 e. The van der Waals surface area contributed by atoms with Gasteiger partial charge in [0.25, 0.3) is 0 Å². The molecule has 5 nitrogen and oxygen atoms in total. The average Bonchev–Trinajstić information content (AvgIpc) is 2.77. The number of halogens is 2. The maximum absolute atomic E-state index is 13.5. The van der Waals surface area contributed by atoms with E-state index in [9.17, 15) is 18.9 Å². The number of nitro groups is 1. The lowest BCUT2D eigenvalue weighted by Gasteiger charge is -2.09. The van der Waals surface area contributed by atoms with E-state index < -0.39 is 28.5 Å². The molecule has 7 heteroatoms. The Balaban J connectivity index is 2.35. The molecule has 1 aromatic carbocycles. The fraction of sp³-hybridized carbons (Fsp3) is 0.0909. The summed E-state index contributed by atoms with van der Waals surface area (Å²) in [6.45, 7) is 0. The van der Waals surface area contributed by atoms with Gasteiger partial charge in [0.1, 0.15) is 22.3 Å².